The fourth-order valence-electron chi connectivity index (χ4n) is 2.46. The smallest absolute Gasteiger partial charge is 0.226 e. The summed E-state index contributed by atoms with van der Waals surface area (Å²) in [7, 11) is 0. The molecule has 2 atom stereocenters. The molecule has 0 bridgehead atoms. The summed E-state index contributed by atoms with van der Waals surface area (Å²) >= 11 is 5.79. The van der Waals surface area contributed by atoms with E-state index in [0.29, 0.717) is 23.6 Å². The molecule has 4 nitrogen and oxygen atoms in total. The molecule has 0 aromatic carbocycles. The molecule has 2 heterocycles. The van der Waals surface area contributed by atoms with Crippen LogP contribution < -0.4 is 4.90 Å². The maximum Gasteiger partial charge on any atom is 0.226 e. The van der Waals surface area contributed by atoms with Gasteiger partial charge in [0.2, 0.25) is 5.95 Å². The van der Waals surface area contributed by atoms with Gasteiger partial charge in [0.15, 0.2) is 0 Å². The zero-order valence-electron chi connectivity index (χ0n) is 9.93. The van der Waals surface area contributed by atoms with E-state index in [9.17, 15) is 4.39 Å². The fraction of sp³-hybridized carbons (Fsp3) is 0.667. The molecule has 1 saturated heterocycles. The van der Waals surface area contributed by atoms with Gasteiger partial charge in [-0.1, -0.05) is 11.6 Å². The van der Waals surface area contributed by atoms with Crippen molar-refractivity contribution in [2.45, 2.75) is 37.5 Å². The van der Waals surface area contributed by atoms with E-state index in [4.69, 9.17) is 16.3 Å². The molecule has 2 fully saturated rings. The van der Waals surface area contributed by atoms with Gasteiger partial charge in [-0.3, -0.25) is 0 Å². The summed E-state index contributed by atoms with van der Waals surface area (Å²) in [5.74, 6) is 0.558. The van der Waals surface area contributed by atoms with Gasteiger partial charge in [0, 0.05) is 6.04 Å². The van der Waals surface area contributed by atoms with Crippen molar-refractivity contribution >= 4 is 17.5 Å². The number of alkyl halides is 1. The monoisotopic (exact) mass is 271 g/mol. The summed E-state index contributed by atoms with van der Waals surface area (Å²) in [5.41, 5.74) is 0. The summed E-state index contributed by atoms with van der Waals surface area (Å²) in [6, 6.07) is 0.0626. The van der Waals surface area contributed by atoms with Crippen molar-refractivity contribution in [3.05, 3.63) is 17.4 Å². The summed E-state index contributed by atoms with van der Waals surface area (Å²) in [5, 5.41) is 0.492. The minimum atomic E-state index is -0.968. The molecule has 3 rings (SSSR count). The van der Waals surface area contributed by atoms with Crippen molar-refractivity contribution < 1.29 is 9.13 Å². The molecular formula is C12H15ClFN3O. The second-order valence-corrected chi connectivity index (χ2v) is 5.25. The normalized spacial score (nSPS) is 28.1. The van der Waals surface area contributed by atoms with Gasteiger partial charge in [-0.05, 0) is 19.3 Å². The predicted octanol–water partition coefficient (Wildman–Crippen LogP) is 2.23. The molecule has 0 N–H and O–H groups in total. The molecule has 18 heavy (non-hydrogen) atoms. The molecule has 0 spiro atoms. The SMILES string of the molecule is FC1COCC1N(c1ncc(Cl)cn1)C1CCC1. The lowest BCUT2D eigenvalue weighted by Crippen LogP contribution is -2.51. The summed E-state index contributed by atoms with van der Waals surface area (Å²) < 4.78 is 19.1. The van der Waals surface area contributed by atoms with E-state index in [1.165, 1.54) is 6.42 Å². The van der Waals surface area contributed by atoms with Crippen molar-refractivity contribution in [3.8, 4) is 0 Å². The van der Waals surface area contributed by atoms with Crippen LogP contribution in [0.4, 0.5) is 10.3 Å². The quantitative estimate of drug-likeness (QED) is 0.845. The molecule has 98 valence electrons. The highest BCUT2D eigenvalue weighted by Crippen LogP contribution is 2.32. The topological polar surface area (TPSA) is 38.2 Å². The molecule has 1 aromatic heterocycles. The van der Waals surface area contributed by atoms with Crippen molar-refractivity contribution in [2.75, 3.05) is 18.1 Å². The number of hydrogen-bond acceptors (Lipinski definition) is 4. The van der Waals surface area contributed by atoms with E-state index in [1.54, 1.807) is 12.4 Å². The highest BCUT2D eigenvalue weighted by Gasteiger charge is 2.40. The Morgan fingerprint density at radius 1 is 1.28 bits per heavy atom. The molecule has 0 amide bonds. The molecule has 6 heteroatoms. The Labute approximate surface area is 110 Å². The van der Waals surface area contributed by atoms with Gasteiger partial charge in [-0.2, -0.15) is 0 Å². The Bertz CT molecular complexity index is 412. The lowest BCUT2D eigenvalue weighted by molar-refractivity contribution is 0.172. The van der Waals surface area contributed by atoms with Crippen molar-refractivity contribution in [1.29, 1.82) is 0 Å². The van der Waals surface area contributed by atoms with Gasteiger partial charge in [-0.25, -0.2) is 14.4 Å². The number of halogens is 2. The number of rotatable bonds is 3. The Hall–Kier alpha value is -0.940. The molecule has 2 unspecified atom stereocenters. The lowest BCUT2D eigenvalue weighted by Gasteiger charge is -2.41. The highest BCUT2D eigenvalue weighted by molar-refractivity contribution is 6.30. The molecule has 1 aliphatic carbocycles. The van der Waals surface area contributed by atoms with Crippen LogP contribution in [-0.4, -0.2) is 41.4 Å². The minimum absolute atomic E-state index is 0.168. The lowest BCUT2D eigenvalue weighted by atomic mass is 9.90. The number of ether oxygens (including phenoxy) is 1. The van der Waals surface area contributed by atoms with Gasteiger partial charge in [0.25, 0.3) is 0 Å². The molecule has 1 saturated carbocycles. The van der Waals surface area contributed by atoms with Crippen LogP contribution in [0.2, 0.25) is 5.02 Å². The van der Waals surface area contributed by atoms with E-state index < -0.39 is 6.17 Å². The van der Waals surface area contributed by atoms with Crippen LogP contribution in [0, 0.1) is 0 Å². The summed E-state index contributed by atoms with van der Waals surface area (Å²) in [6.45, 7) is 0.575. The first-order chi connectivity index (χ1) is 8.75. The zero-order chi connectivity index (χ0) is 12.5. The van der Waals surface area contributed by atoms with Crippen LogP contribution in [0.5, 0.6) is 0 Å². The Morgan fingerprint density at radius 3 is 2.50 bits per heavy atom. The summed E-state index contributed by atoms with van der Waals surface area (Å²) in [4.78, 5) is 10.4. The molecule has 1 aromatic rings. The van der Waals surface area contributed by atoms with Gasteiger partial charge in [0.05, 0.1) is 36.7 Å². The number of nitrogens with zero attached hydrogens (tertiary/aromatic N) is 3. The van der Waals surface area contributed by atoms with E-state index in [2.05, 4.69) is 9.97 Å². The van der Waals surface area contributed by atoms with Crippen molar-refractivity contribution in [3.63, 3.8) is 0 Å². The Balaban J connectivity index is 1.87. The van der Waals surface area contributed by atoms with Crippen molar-refractivity contribution in [2.24, 2.45) is 0 Å². The van der Waals surface area contributed by atoms with Crippen LogP contribution >= 0.6 is 11.6 Å². The second-order valence-electron chi connectivity index (χ2n) is 4.81. The fourth-order valence-corrected chi connectivity index (χ4v) is 2.56. The average Bonchev–Trinajstić information content (AvgIpc) is 2.71. The third-order valence-electron chi connectivity index (χ3n) is 3.65. The molecule has 2 aliphatic rings. The summed E-state index contributed by atoms with van der Waals surface area (Å²) in [6.07, 6.45) is 5.45. The third-order valence-corrected chi connectivity index (χ3v) is 3.84. The highest BCUT2D eigenvalue weighted by atomic mass is 35.5. The van der Waals surface area contributed by atoms with Gasteiger partial charge in [0.1, 0.15) is 6.17 Å². The molecule has 1 aliphatic heterocycles. The first-order valence-electron chi connectivity index (χ1n) is 6.23. The Kier molecular flexibility index (Phi) is 3.35. The first-order valence-corrected chi connectivity index (χ1v) is 6.61. The second kappa shape index (κ2) is 4.97. The van der Waals surface area contributed by atoms with E-state index in [0.717, 1.165) is 12.8 Å². The van der Waals surface area contributed by atoms with E-state index >= 15 is 0 Å². The zero-order valence-corrected chi connectivity index (χ0v) is 10.7. The van der Waals surface area contributed by atoms with Crippen LogP contribution in [0.15, 0.2) is 12.4 Å². The maximum absolute atomic E-state index is 13.9. The van der Waals surface area contributed by atoms with Crippen molar-refractivity contribution in [1.82, 2.24) is 9.97 Å². The molecular weight excluding hydrogens is 257 g/mol. The van der Waals surface area contributed by atoms with E-state index in [-0.39, 0.29) is 12.6 Å². The van der Waals surface area contributed by atoms with Crippen LogP contribution in [0.25, 0.3) is 0 Å². The first kappa shape index (κ1) is 12.1. The van der Waals surface area contributed by atoms with Gasteiger partial charge >= 0.3 is 0 Å². The van der Waals surface area contributed by atoms with Crippen LogP contribution in [0.1, 0.15) is 19.3 Å². The largest absolute Gasteiger partial charge is 0.376 e. The van der Waals surface area contributed by atoms with Gasteiger partial charge in [-0.15, -0.1) is 0 Å². The number of aromatic nitrogens is 2. The predicted molar refractivity (Wildman–Crippen MR) is 66.7 cm³/mol. The van der Waals surface area contributed by atoms with Crippen LogP contribution in [0.3, 0.4) is 0 Å². The van der Waals surface area contributed by atoms with Gasteiger partial charge < -0.3 is 9.64 Å². The maximum atomic E-state index is 13.9. The third kappa shape index (κ3) is 2.17. The minimum Gasteiger partial charge on any atom is -0.376 e. The van der Waals surface area contributed by atoms with E-state index in [1.807, 2.05) is 4.90 Å². The van der Waals surface area contributed by atoms with Crippen LogP contribution in [-0.2, 0) is 4.74 Å². The molecule has 0 radical (unpaired) electrons. The number of anilines is 1. The standard InChI is InChI=1S/C12H15ClFN3O/c13-8-4-15-12(16-5-8)17(9-2-1-3-9)11-7-18-6-10(11)14/h4-5,9-11H,1-3,6-7H2. The number of hydrogen-bond donors (Lipinski definition) is 0. The average molecular weight is 272 g/mol. The Morgan fingerprint density at radius 2 is 2.00 bits per heavy atom.